The molecule has 2 aromatic rings. The normalized spacial score (nSPS) is 11.9. The maximum absolute atomic E-state index is 13.0. The highest BCUT2D eigenvalue weighted by molar-refractivity contribution is 6.30. The largest absolute Gasteiger partial charge is 0.482 e. The summed E-state index contributed by atoms with van der Waals surface area (Å²) < 4.78 is 5.12. The highest BCUT2D eigenvalue weighted by atomic mass is 35.5. The van der Waals surface area contributed by atoms with Crippen molar-refractivity contribution in [1.29, 1.82) is 0 Å². The van der Waals surface area contributed by atoms with Crippen LogP contribution in [-0.2, 0) is 16.1 Å². The van der Waals surface area contributed by atoms with Gasteiger partial charge in [0.2, 0.25) is 5.91 Å². The van der Waals surface area contributed by atoms with Gasteiger partial charge in [-0.3, -0.25) is 4.79 Å². The third-order valence-corrected chi connectivity index (χ3v) is 4.46. The Kier molecular flexibility index (Phi) is 7.25. The second kappa shape index (κ2) is 9.42. The zero-order valence-electron chi connectivity index (χ0n) is 15.7. The fourth-order valence-electron chi connectivity index (χ4n) is 2.94. The van der Waals surface area contributed by atoms with E-state index in [9.17, 15) is 9.59 Å². The van der Waals surface area contributed by atoms with E-state index in [1.54, 1.807) is 30.1 Å². The van der Waals surface area contributed by atoms with Crippen molar-refractivity contribution in [2.45, 2.75) is 26.3 Å². The lowest BCUT2D eigenvalue weighted by atomic mass is 9.87. The van der Waals surface area contributed by atoms with Gasteiger partial charge in [-0.2, -0.15) is 0 Å². The van der Waals surface area contributed by atoms with E-state index in [0.717, 1.165) is 11.1 Å². The van der Waals surface area contributed by atoms with Crippen molar-refractivity contribution in [2.24, 2.45) is 5.92 Å². The number of likely N-dealkylation sites (N-methyl/N-ethyl adjacent to an activating group) is 1. The maximum Gasteiger partial charge on any atom is 0.341 e. The van der Waals surface area contributed by atoms with E-state index in [4.69, 9.17) is 21.4 Å². The van der Waals surface area contributed by atoms with Gasteiger partial charge in [-0.1, -0.05) is 49.7 Å². The number of amides is 1. The average Bonchev–Trinajstić information content (AvgIpc) is 2.61. The Morgan fingerprint density at radius 2 is 1.81 bits per heavy atom. The second-order valence-corrected chi connectivity index (χ2v) is 7.23. The monoisotopic (exact) mass is 389 g/mol. The van der Waals surface area contributed by atoms with Crippen LogP contribution in [0.15, 0.2) is 48.5 Å². The molecule has 1 atom stereocenters. The van der Waals surface area contributed by atoms with Crippen LogP contribution in [0, 0.1) is 5.92 Å². The summed E-state index contributed by atoms with van der Waals surface area (Å²) in [6.45, 7) is 4.10. The highest BCUT2D eigenvalue weighted by Gasteiger charge is 2.27. The molecule has 0 radical (unpaired) electrons. The van der Waals surface area contributed by atoms with Crippen molar-refractivity contribution >= 4 is 23.5 Å². The molecule has 5 nitrogen and oxygen atoms in total. The minimum atomic E-state index is -1.02. The van der Waals surface area contributed by atoms with Gasteiger partial charge in [-0.15, -0.1) is 0 Å². The van der Waals surface area contributed by atoms with Crippen molar-refractivity contribution in [2.75, 3.05) is 13.7 Å². The lowest BCUT2D eigenvalue weighted by Crippen LogP contribution is -2.33. The number of carbonyl (C=O) groups excluding carboxylic acids is 1. The van der Waals surface area contributed by atoms with Gasteiger partial charge in [0.1, 0.15) is 5.75 Å². The first-order chi connectivity index (χ1) is 12.8. The number of benzene rings is 2. The van der Waals surface area contributed by atoms with Gasteiger partial charge in [-0.25, -0.2) is 4.79 Å². The van der Waals surface area contributed by atoms with Gasteiger partial charge in [0, 0.05) is 18.6 Å². The average molecular weight is 390 g/mol. The summed E-state index contributed by atoms with van der Waals surface area (Å²) in [6.07, 6.45) is 0. The molecular weight excluding hydrogens is 366 g/mol. The number of nitrogens with zero attached hydrogens (tertiary/aromatic N) is 1. The lowest BCUT2D eigenvalue weighted by molar-refractivity contribution is -0.139. The molecule has 144 valence electrons. The maximum atomic E-state index is 13.0. The molecule has 0 spiro atoms. The summed E-state index contributed by atoms with van der Waals surface area (Å²) in [7, 11) is 1.77. The quantitative estimate of drug-likeness (QED) is 0.734. The Hall–Kier alpha value is -2.53. The van der Waals surface area contributed by atoms with Crippen molar-refractivity contribution in [3.05, 3.63) is 64.7 Å². The molecule has 0 saturated carbocycles. The van der Waals surface area contributed by atoms with Crippen molar-refractivity contribution in [3.8, 4) is 5.75 Å². The topological polar surface area (TPSA) is 66.8 Å². The molecule has 0 aliphatic carbocycles. The Balaban J connectivity index is 2.07. The Morgan fingerprint density at radius 3 is 2.37 bits per heavy atom. The SMILES string of the molecule is CC(C)C(C(=O)N(C)Cc1ccc(OCC(=O)O)cc1)c1cccc(Cl)c1. The first-order valence-electron chi connectivity index (χ1n) is 8.72. The molecule has 6 heteroatoms. The van der Waals surface area contributed by atoms with Gasteiger partial charge in [-0.05, 0) is 41.3 Å². The molecule has 0 aliphatic rings. The Bertz CT molecular complexity index is 789. The van der Waals surface area contributed by atoms with Crippen LogP contribution in [0.5, 0.6) is 5.75 Å². The molecule has 1 unspecified atom stereocenters. The molecule has 0 bridgehead atoms. The molecule has 0 saturated heterocycles. The molecular formula is C21H24ClNO4. The first kappa shape index (κ1) is 20.8. The third kappa shape index (κ3) is 6.00. The molecule has 0 fully saturated rings. The number of aliphatic carboxylic acids is 1. The van der Waals surface area contributed by atoms with E-state index in [-0.39, 0.29) is 24.3 Å². The van der Waals surface area contributed by atoms with Crippen LogP contribution < -0.4 is 4.74 Å². The molecule has 1 N–H and O–H groups in total. The molecule has 0 aliphatic heterocycles. The molecule has 2 aromatic carbocycles. The standard InChI is InChI=1S/C21H24ClNO4/c1-14(2)20(16-5-4-6-17(22)11-16)21(26)23(3)12-15-7-9-18(10-8-15)27-13-19(24)25/h4-11,14,20H,12-13H2,1-3H3,(H,24,25). The van der Waals surface area contributed by atoms with Crippen LogP contribution >= 0.6 is 11.6 Å². The van der Waals surface area contributed by atoms with E-state index in [1.807, 2.05) is 44.2 Å². The minimum Gasteiger partial charge on any atom is -0.482 e. The van der Waals surface area contributed by atoms with Gasteiger partial charge in [0.05, 0.1) is 5.92 Å². The summed E-state index contributed by atoms with van der Waals surface area (Å²) in [4.78, 5) is 25.3. The third-order valence-electron chi connectivity index (χ3n) is 4.22. The first-order valence-corrected chi connectivity index (χ1v) is 9.09. The van der Waals surface area contributed by atoms with Crippen LogP contribution in [0.2, 0.25) is 5.02 Å². The van der Waals surface area contributed by atoms with Crippen LogP contribution in [0.4, 0.5) is 0 Å². The summed E-state index contributed by atoms with van der Waals surface area (Å²) >= 11 is 6.09. The van der Waals surface area contributed by atoms with Crippen LogP contribution in [0.1, 0.15) is 30.9 Å². The van der Waals surface area contributed by atoms with Crippen molar-refractivity contribution in [1.82, 2.24) is 4.90 Å². The van der Waals surface area contributed by atoms with Gasteiger partial charge < -0.3 is 14.7 Å². The van der Waals surface area contributed by atoms with E-state index in [0.29, 0.717) is 17.3 Å². The summed E-state index contributed by atoms with van der Waals surface area (Å²) in [6, 6.07) is 14.5. The van der Waals surface area contributed by atoms with Crippen LogP contribution in [-0.4, -0.2) is 35.5 Å². The predicted molar refractivity (Wildman–Crippen MR) is 105 cm³/mol. The zero-order chi connectivity index (χ0) is 20.0. The molecule has 2 rings (SSSR count). The molecule has 27 heavy (non-hydrogen) atoms. The Morgan fingerprint density at radius 1 is 1.15 bits per heavy atom. The van der Waals surface area contributed by atoms with Gasteiger partial charge in [0.25, 0.3) is 0 Å². The van der Waals surface area contributed by atoms with E-state index >= 15 is 0 Å². The van der Waals surface area contributed by atoms with Crippen LogP contribution in [0.3, 0.4) is 0 Å². The smallest absolute Gasteiger partial charge is 0.341 e. The van der Waals surface area contributed by atoms with Crippen LogP contribution in [0.25, 0.3) is 0 Å². The number of hydrogen-bond donors (Lipinski definition) is 1. The minimum absolute atomic E-state index is 0.0264. The van der Waals surface area contributed by atoms with E-state index in [2.05, 4.69) is 0 Å². The second-order valence-electron chi connectivity index (χ2n) is 6.80. The zero-order valence-corrected chi connectivity index (χ0v) is 16.4. The molecule has 1 amide bonds. The number of halogens is 1. The van der Waals surface area contributed by atoms with E-state index in [1.165, 1.54) is 0 Å². The number of rotatable bonds is 8. The van der Waals surface area contributed by atoms with E-state index < -0.39 is 5.97 Å². The fourth-order valence-corrected chi connectivity index (χ4v) is 3.14. The summed E-state index contributed by atoms with van der Waals surface area (Å²) in [5.41, 5.74) is 1.84. The lowest BCUT2D eigenvalue weighted by Gasteiger charge is -2.27. The van der Waals surface area contributed by atoms with Crippen molar-refractivity contribution in [3.63, 3.8) is 0 Å². The summed E-state index contributed by atoms with van der Waals surface area (Å²) in [5.74, 6) is -0.658. The molecule has 0 aromatic heterocycles. The molecule has 0 heterocycles. The summed E-state index contributed by atoms with van der Waals surface area (Å²) in [5, 5.41) is 9.26. The van der Waals surface area contributed by atoms with Crippen molar-refractivity contribution < 1.29 is 19.4 Å². The number of hydrogen-bond acceptors (Lipinski definition) is 3. The number of carbonyl (C=O) groups is 2. The number of carboxylic acid groups (broad SMARTS) is 1. The number of ether oxygens (including phenoxy) is 1. The van der Waals surface area contributed by atoms with Gasteiger partial charge in [0.15, 0.2) is 6.61 Å². The van der Waals surface area contributed by atoms with Gasteiger partial charge >= 0.3 is 5.97 Å². The predicted octanol–water partition coefficient (Wildman–Crippen LogP) is 4.20. The Labute approximate surface area is 164 Å². The fraction of sp³-hybridized carbons (Fsp3) is 0.333. The number of carboxylic acids is 1. The highest BCUT2D eigenvalue weighted by Crippen LogP contribution is 2.29.